The van der Waals surface area contributed by atoms with Crippen molar-refractivity contribution in [2.24, 2.45) is 13.0 Å². The molecule has 3 atom stereocenters. The molecule has 5 rings (SSSR count). The first kappa shape index (κ1) is 31.3. The van der Waals surface area contributed by atoms with E-state index in [9.17, 15) is 23.1 Å². The molecule has 0 bridgehead atoms. The summed E-state index contributed by atoms with van der Waals surface area (Å²) >= 11 is 1.50. The van der Waals surface area contributed by atoms with Crippen molar-refractivity contribution in [3.63, 3.8) is 0 Å². The summed E-state index contributed by atoms with van der Waals surface area (Å²) in [5, 5.41) is 15.4. The number of benzene rings is 2. The third kappa shape index (κ3) is 6.38. The SMILES string of the molecule is C[C@@H]1CN([C@H](C)CO)C(=O)c2cccc(NC(=O)c3ccc(-c4nccs4)cc3)c2O[C@H]1CN(C)S(=O)(=O)c1cn(C)cn1. The largest absolute Gasteiger partial charge is 0.486 e. The van der Waals surface area contributed by atoms with Gasteiger partial charge in [0.1, 0.15) is 11.1 Å². The van der Waals surface area contributed by atoms with Gasteiger partial charge in [-0.05, 0) is 31.2 Å². The lowest BCUT2D eigenvalue weighted by Gasteiger charge is -2.38. The molecule has 2 aromatic heterocycles. The predicted octanol–water partition coefficient (Wildman–Crippen LogP) is 3.34. The average molecular weight is 639 g/mol. The summed E-state index contributed by atoms with van der Waals surface area (Å²) in [6.07, 6.45) is 3.82. The van der Waals surface area contributed by atoms with Crippen molar-refractivity contribution in [2.75, 3.05) is 32.1 Å². The normalized spacial score (nSPS) is 17.9. The van der Waals surface area contributed by atoms with Crippen molar-refractivity contribution in [3.8, 4) is 16.3 Å². The lowest BCUT2D eigenvalue weighted by Crippen LogP contribution is -2.50. The van der Waals surface area contributed by atoms with Crippen LogP contribution in [0.2, 0.25) is 0 Å². The Morgan fingerprint density at radius 1 is 1.23 bits per heavy atom. The van der Waals surface area contributed by atoms with Gasteiger partial charge in [0, 0.05) is 55.5 Å². The molecular weight excluding hydrogens is 605 g/mol. The molecule has 44 heavy (non-hydrogen) atoms. The van der Waals surface area contributed by atoms with Gasteiger partial charge in [0.15, 0.2) is 10.8 Å². The van der Waals surface area contributed by atoms with E-state index >= 15 is 0 Å². The lowest BCUT2D eigenvalue weighted by atomic mass is 9.99. The van der Waals surface area contributed by atoms with Gasteiger partial charge < -0.3 is 24.6 Å². The predicted molar refractivity (Wildman–Crippen MR) is 166 cm³/mol. The van der Waals surface area contributed by atoms with Gasteiger partial charge in [0.25, 0.3) is 21.8 Å². The number of aryl methyl sites for hydroxylation is 1. The molecule has 0 spiro atoms. The maximum Gasteiger partial charge on any atom is 0.261 e. The maximum absolute atomic E-state index is 13.8. The first-order valence-electron chi connectivity index (χ1n) is 14.0. The number of anilines is 1. The fraction of sp³-hybridized carbons (Fsp3) is 0.333. The second-order valence-electron chi connectivity index (χ2n) is 10.8. The number of para-hydroxylation sites is 1. The van der Waals surface area contributed by atoms with E-state index in [1.807, 2.05) is 24.4 Å². The number of aliphatic hydroxyl groups is 1. The van der Waals surface area contributed by atoms with E-state index in [0.717, 1.165) is 10.6 Å². The summed E-state index contributed by atoms with van der Waals surface area (Å²) in [5.41, 5.74) is 1.72. The molecule has 14 heteroatoms. The van der Waals surface area contributed by atoms with Crippen LogP contribution in [0.1, 0.15) is 34.6 Å². The number of likely N-dealkylation sites (N-methyl/N-ethyl adjacent to an activating group) is 1. The molecule has 0 saturated heterocycles. The number of carbonyl (C=O) groups is 2. The number of sulfonamides is 1. The van der Waals surface area contributed by atoms with E-state index in [0.29, 0.717) is 5.56 Å². The van der Waals surface area contributed by atoms with Crippen molar-refractivity contribution < 1.29 is 27.9 Å². The molecular formula is C30H34N6O6S2. The number of carbonyl (C=O) groups excluding carboxylic acids is 2. The van der Waals surface area contributed by atoms with E-state index < -0.39 is 28.1 Å². The molecule has 0 fully saturated rings. The highest BCUT2D eigenvalue weighted by molar-refractivity contribution is 7.89. The van der Waals surface area contributed by atoms with Crippen LogP contribution in [0.3, 0.4) is 0 Å². The van der Waals surface area contributed by atoms with E-state index in [1.54, 1.807) is 60.0 Å². The first-order chi connectivity index (χ1) is 21.0. The Morgan fingerprint density at radius 2 is 1.98 bits per heavy atom. The summed E-state index contributed by atoms with van der Waals surface area (Å²) < 4.78 is 35.8. The number of nitrogens with one attached hydrogen (secondary N) is 1. The number of hydrogen-bond donors (Lipinski definition) is 2. The molecule has 3 heterocycles. The quantitative estimate of drug-likeness (QED) is 0.284. The van der Waals surface area contributed by atoms with E-state index in [1.165, 1.54) is 35.2 Å². The number of nitrogens with zero attached hydrogens (tertiary/aromatic N) is 5. The lowest BCUT2D eigenvalue weighted by molar-refractivity contribution is 0.0388. The van der Waals surface area contributed by atoms with Crippen LogP contribution in [0.25, 0.3) is 10.6 Å². The molecule has 0 radical (unpaired) electrons. The summed E-state index contributed by atoms with van der Waals surface area (Å²) in [6, 6.07) is 11.4. The number of thiazole rings is 1. The van der Waals surface area contributed by atoms with Crippen LogP contribution >= 0.6 is 11.3 Å². The van der Waals surface area contributed by atoms with Gasteiger partial charge in [-0.15, -0.1) is 11.3 Å². The molecule has 0 saturated carbocycles. The van der Waals surface area contributed by atoms with Gasteiger partial charge in [-0.3, -0.25) is 9.59 Å². The van der Waals surface area contributed by atoms with Crippen molar-refractivity contribution >= 4 is 38.9 Å². The van der Waals surface area contributed by atoms with Gasteiger partial charge in [0.2, 0.25) is 0 Å². The van der Waals surface area contributed by atoms with Crippen LogP contribution < -0.4 is 10.1 Å². The summed E-state index contributed by atoms with van der Waals surface area (Å²) in [7, 11) is -0.813. The second-order valence-corrected chi connectivity index (χ2v) is 13.7. The van der Waals surface area contributed by atoms with Gasteiger partial charge >= 0.3 is 0 Å². The third-order valence-electron chi connectivity index (χ3n) is 7.56. The highest BCUT2D eigenvalue weighted by Crippen LogP contribution is 2.35. The molecule has 2 aromatic carbocycles. The Kier molecular flexibility index (Phi) is 9.15. The van der Waals surface area contributed by atoms with Crippen molar-refractivity contribution in [1.29, 1.82) is 0 Å². The average Bonchev–Trinajstić information content (AvgIpc) is 3.71. The number of ether oxygens (including phenoxy) is 1. The van der Waals surface area contributed by atoms with Crippen molar-refractivity contribution in [3.05, 3.63) is 77.7 Å². The molecule has 0 aliphatic carbocycles. The zero-order valence-corrected chi connectivity index (χ0v) is 26.4. The summed E-state index contributed by atoms with van der Waals surface area (Å²) in [6.45, 7) is 3.48. The number of aliphatic hydroxyl groups excluding tert-OH is 1. The second kappa shape index (κ2) is 12.9. The highest BCUT2D eigenvalue weighted by Gasteiger charge is 2.36. The number of hydrogen-bond acceptors (Lipinski definition) is 9. The third-order valence-corrected chi connectivity index (χ3v) is 10.1. The van der Waals surface area contributed by atoms with Crippen LogP contribution in [0.4, 0.5) is 5.69 Å². The summed E-state index contributed by atoms with van der Waals surface area (Å²) in [4.78, 5) is 37.0. The van der Waals surface area contributed by atoms with E-state index in [-0.39, 0.29) is 53.5 Å². The van der Waals surface area contributed by atoms with Gasteiger partial charge in [-0.1, -0.05) is 25.1 Å². The zero-order chi connectivity index (χ0) is 31.6. The number of aromatic nitrogens is 3. The smallest absolute Gasteiger partial charge is 0.261 e. The van der Waals surface area contributed by atoms with Crippen LogP contribution in [0.15, 0.2) is 71.6 Å². The van der Waals surface area contributed by atoms with Crippen LogP contribution in [-0.4, -0.2) is 88.0 Å². The van der Waals surface area contributed by atoms with Gasteiger partial charge in [-0.25, -0.2) is 18.4 Å². The number of imidazole rings is 1. The minimum absolute atomic E-state index is 0.0600. The fourth-order valence-electron chi connectivity index (χ4n) is 4.92. The Labute approximate surface area is 260 Å². The van der Waals surface area contributed by atoms with E-state index in [2.05, 4.69) is 15.3 Å². The minimum Gasteiger partial charge on any atom is -0.486 e. The molecule has 0 unspecified atom stereocenters. The van der Waals surface area contributed by atoms with Gasteiger partial charge in [-0.2, -0.15) is 4.31 Å². The number of amides is 2. The molecule has 4 aromatic rings. The van der Waals surface area contributed by atoms with Crippen LogP contribution in [0.5, 0.6) is 5.75 Å². The molecule has 2 N–H and O–H groups in total. The molecule has 12 nitrogen and oxygen atoms in total. The Balaban J connectivity index is 1.47. The Hall–Kier alpha value is -4.11. The van der Waals surface area contributed by atoms with Crippen molar-refractivity contribution in [1.82, 2.24) is 23.7 Å². The minimum atomic E-state index is -3.94. The Morgan fingerprint density at radius 3 is 2.61 bits per heavy atom. The fourth-order valence-corrected chi connectivity index (χ4v) is 6.70. The summed E-state index contributed by atoms with van der Waals surface area (Å²) in [5.74, 6) is -1.02. The number of rotatable bonds is 9. The molecule has 1 aliphatic rings. The standard InChI is InChI=1S/C30H34N6O6S2/c1-19-14-36(20(2)17-37)30(39)23-6-5-7-24(33-28(38)21-8-10-22(11-9-21)29-31-12-13-43-29)27(23)42-25(19)15-35(4)44(40,41)26-16-34(3)18-32-26/h5-13,16,18-20,25,37H,14-15,17H2,1-4H3,(H,33,38)/t19-,20-,25+/m1/s1. The molecule has 2 amide bonds. The maximum atomic E-state index is 13.8. The van der Waals surface area contributed by atoms with E-state index in [4.69, 9.17) is 4.74 Å². The zero-order valence-electron chi connectivity index (χ0n) is 24.7. The van der Waals surface area contributed by atoms with Crippen molar-refractivity contribution in [2.45, 2.75) is 31.0 Å². The number of fused-ring (bicyclic) bond motifs is 1. The Bertz CT molecular complexity index is 1740. The van der Waals surface area contributed by atoms with Crippen LogP contribution in [0, 0.1) is 5.92 Å². The van der Waals surface area contributed by atoms with Crippen LogP contribution in [-0.2, 0) is 17.1 Å². The monoisotopic (exact) mass is 638 g/mol. The van der Waals surface area contributed by atoms with Gasteiger partial charge in [0.05, 0.1) is 36.8 Å². The molecule has 232 valence electrons. The highest BCUT2D eigenvalue weighted by atomic mass is 32.2. The first-order valence-corrected chi connectivity index (χ1v) is 16.3. The molecule has 1 aliphatic heterocycles. The topological polar surface area (TPSA) is 147 Å².